The van der Waals surface area contributed by atoms with Crippen LogP contribution in [0.3, 0.4) is 0 Å². The number of benzene rings is 1. The van der Waals surface area contributed by atoms with Crippen molar-refractivity contribution in [3.8, 4) is 0 Å². The van der Waals surface area contributed by atoms with E-state index in [4.69, 9.17) is 10.2 Å². The third-order valence-corrected chi connectivity index (χ3v) is 2.44. The maximum Gasteiger partial charge on any atom is 0.334 e. The lowest BCUT2D eigenvalue weighted by atomic mass is 10.1. The van der Waals surface area contributed by atoms with Gasteiger partial charge in [0.25, 0.3) is 5.91 Å². The molecule has 0 aliphatic carbocycles. The second-order valence-electron chi connectivity index (χ2n) is 3.74. The van der Waals surface area contributed by atoms with E-state index in [-0.39, 0.29) is 6.54 Å². The van der Waals surface area contributed by atoms with Crippen molar-refractivity contribution in [2.75, 3.05) is 6.54 Å². The number of nitrogens with one attached hydrogen (secondary N) is 2. The molecule has 7 nitrogen and oxygen atoms in total. The van der Waals surface area contributed by atoms with Gasteiger partial charge in [-0.1, -0.05) is 0 Å². The summed E-state index contributed by atoms with van der Waals surface area (Å²) in [7, 11) is 0. The Labute approximate surface area is 101 Å². The molecular formula is C11H11N3O4. The number of aliphatic hydroxyl groups excluding tert-OH is 1. The summed E-state index contributed by atoms with van der Waals surface area (Å²) in [6.45, 7) is -0.336. The van der Waals surface area contributed by atoms with Gasteiger partial charge >= 0.3 is 5.97 Å². The van der Waals surface area contributed by atoms with Gasteiger partial charge in [-0.25, -0.2) is 4.79 Å². The van der Waals surface area contributed by atoms with Gasteiger partial charge in [-0.3, -0.25) is 9.89 Å². The Hall–Kier alpha value is -2.41. The van der Waals surface area contributed by atoms with Gasteiger partial charge < -0.3 is 15.5 Å². The second kappa shape index (κ2) is 4.84. The van der Waals surface area contributed by atoms with Crippen molar-refractivity contribution < 1.29 is 19.8 Å². The zero-order valence-corrected chi connectivity index (χ0v) is 9.25. The molecule has 0 bridgehead atoms. The third-order valence-electron chi connectivity index (χ3n) is 2.44. The first kappa shape index (κ1) is 12.1. The number of carboxylic acid groups (broad SMARTS) is 1. The van der Waals surface area contributed by atoms with Gasteiger partial charge in [-0.15, -0.1) is 0 Å². The number of hydrogen-bond donors (Lipinski definition) is 4. The first-order valence-corrected chi connectivity index (χ1v) is 5.20. The normalized spacial score (nSPS) is 12.3. The Morgan fingerprint density at radius 1 is 1.44 bits per heavy atom. The second-order valence-corrected chi connectivity index (χ2v) is 3.74. The molecule has 1 aromatic carbocycles. The molecule has 2 aromatic rings. The van der Waals surface area contributed by atoms with E-state index >= 15 is 0 Å². The van der Waals surface area contributed by atoms with Crippen molar-refractivity contribution in [2.24, 2.45) is 0 Å². The van der Waals surface area contributed by atoms with E-state index < -0.39 is 18.0 Å². The Bertz CT molecular complexity index is 593. The van der Waals surface area contributed by atoms with E-state index in [9.17, 15) is 9.59 Å². The Morgan fingerprint density at radius 2 is 2.22 bits per heavy atom. The first-order chi connectivity index (χ1) is 8.58. The number of aliphatic hydroxyl groups is 1. The molecule has 0 radical (unpaired) electrons. The minimum atomic E-state index is -1.60. The summed E-state index contributed by atoms with van der Waals surface area (Å²) in [6, 6.07) is 4.91. The minimum Gasteiger partial charge on any atom is -0.479 e. The molecule has 2 rings (SSSR count). The van der Waals surface area contributed by atoms with E-state index in [1.165, 1.54) is 0 Å². The molecule has 0 aliphatic heterocycles. The quantitative estimate of drug-likeness (QED) is 0.595. The van der Waals surface area contributed by atoms with Crippen LogP contribution in [0.4, 0.5) is 0 Å². The van der Waals surface area contributed by atoms with E-state index in [0.717, 1.165) is 10.9 Å². The highest BCUT2D eigenvalue weighted by atomic mass is 16.4. The molecule has 1 amide bonds. The molecule has 4 N–H and O–H groups in total. The van der Waals surface area contributed by atoms with Crippen LogP contribution < -0.4 is 5.32 Å². The standard InChI is InChI=1S/C11H11N3O4/c15-9(11(17)18)5-12-10(16)6-1-2-8-7(3-6)4-13-14-8/h1-4,9,15H,5H2,(H,12,16)(H,13,14)(H,17,18)/t9-/m0/s1. The highest BCUT2D eigenvalue weighted by Crippen LogP contribution is 2.12. The third kappa shape index (κ3) is 2.46. The number of aromatic nitrogens is 2. The van der Waals surface area contributed by atoms with Crippen molar-refractivity contribution in [1.82, 2.24) is 15.5 Å². The highest BCUT2D eigenvalue weighted by molar-refractivity contribution is 5.98. The van der Waals surface area contributed by atoms with Gasteiger partial charge in [0.15, 0.2) is 6.10 Å². The fourth-order valence-corrected chi connectivity index (χ4v) is 1.46. The monoisotopic (exact) mass is 249 g/mol. The number of aromatic amines is 1. The summed E-state index contributed by atoms with van der Waals surface area (Å²) in [6.07, 6.45) is -0.0234. The zero-order valence-electron chi connectivity index (χ0n) is 9.25. The minimum absolute atomic E-state index is 0.336. The summed E-state index contributed by atoms with van der Waals surface area (Å²) in [4.78, 5) is 22.1. The van der Waals surface area contributed by atoms with Gasteiger partial charge in [-0.2, -0.15) is 5.10 Å². The van der Waals surface area contributed by atoms with Crippen LogP contribution in [0.2, 0.25) is 0 Å². The van der Waals surface area contributed by atoms with E-state index in [1.54, 1.807) is 24.4 Å². The van der Waals surface area contributed by atoms with E-state index in [2.05, 4.69) is 15.5 Å². The number of amides is 1. The number of carbonyl (C=O) groups is 2. The molecule has 1 heterocycles. The maximum absolute atomic E-state index is 11.7. The van der Waals surface area contributed by atoms with Gasteiger partial charge in [0.1, 0.15) is 0 Å². The average Bonchev–Trinajstić information content (AvgIpc) is 2.82. The predicted molar refractivity (Wildman–Crippen MR) is 62.1 cm³/mol. The van der Waals surface area contributed by atoms with E-state index in [0.29, 0.717) is 5.56 Å². The Morgan fingerprint density at radius 3 is 2.94 bits per heavy atom. The largest absolute Gasteiger partial charge is 0.479 e. The zero-order chi connectivity index (χ0) is 13.1. The molecule has 0 saturated carbocycles. The Balaban J connectivity index is 2.06. The summed E-state index contributed by atoms with van der Waals surface area (Å²) in [5, 5.41) is 27.2. The molecule has 0 fully saturated rings. The molecule has 1 aromatic heterocycles. The molecule has 18 heavy (non-hydrogen) atoms. The predicted octanol–water partition coefficient (Wildman–Crippen LogP) is -0.262. The van der Waals surface area contributed by atoms with Crippen LogP contribution >= 0.6 is 0 Å². The molecule has 94 valence electrons. The molecule has 1 atom stereocenters. The van der Waals surface area contributed by atoms with E-state index in [1.807, 2.05) is 0 Å². The number of rotatable bonds is 4. The number of H-pyrrole nitrogens is 1. The lowest BCUT2D eigenvalue weighted by Gasteiger charge is -2.07. The fourth-order valence-electron chi connectivity index (χ4n) is 1.46. The van der Waals surface area contributed by atoms with Crippen molar-refractivity contribution >= 4 is 22.8 Å². The van der Waals surface area contributed by atoms with Crippen molar-refractivity contribution in [1.29, 1.82) is 0 Å². The number of carbonyl (C=O) groups excluding carboxylic acids is 1. The smallest absolute Gasteiger partial charge is 0.334 e. The van der Waals surface area contributed by atoms with Crippen molar-refractivity contribution in [3.05, 3.63) is 30.0 Å². The Kier molecular flexibility index (Phi) is 3.24. The fraction of sp³-hybridized carbons (Fsp3) is 0.182. The molecule has 0 aliphatic rings. The summed E-state index contributed by atoms with van der Waals surface area (Å²) < 4.78 is 0. The lowest BCUT2D eigenvalue weighted by molar-refractivity contribution is -0.146. The first-order valence-electron chi connectivity index (χ1n) is 5.20. The van der Waals surface area contributed by atoms with Crippen LogP contribution in [0.25, 0.3) is 10.9 Å². The van der Waals surface area contributed by atoms with Crippen molar-refractivity contribution in [3.63, 3.8) is 0 Å². The molecule has 0 saturated heterocycles. The van der Waals surface area contributed by atoms with Gasteiger partial charge in [-0.05, 0) is 18.2 Å². The van der Waals surface area contributed by atoms with Crippen LogP contribution in [0.15, 0.2) is 24.4 Å². The summed E-state index contributed by atoms with van der Waals surface area (Å²) >= 11 is 0. The number of aliphatic carboxylic acids is 1. The summed E-state index contributed by atoms with van der Waals surface area (Å²) in [5.74, 6) is -1.82. The topological polar surface area (TPSA) is 115 Å². The SMILES string of the molecule is O=C(NC[C@H](O)C(=O)O)c1ccc2[nH]ncc2c1. The number of fused-ring (bicyclic) bond motifs is 1. The van der Waals surface area contributed by atoms with Crippen molar-refractivity contribution in [2.45, 2.75) is 6.10 Å². The molecular weight excluding hydrogens is 238 g/mol. The molecule has 0 unspecified atom stereocenters. The van der Waals surface area contributed by atoms with Crippen LogP contribution in [-0.4, -0.2) is 44.9 Å². The number of nitrogens with zero attached hydrogens (tertiary/aromatic N) is 1. The molecule has 7 heteroatoms. The van der Waals surface area contributed by atoms with Gasteiger partial charge in [0.2, 0.25) is 0 Å². The van der Waals surface area contributed by atoms with Crippen LogP contribution in [0.5, 0.6) is 0 Å². The highest BCUT2D eigenvalue weighted by Gasteiger charge is 2.15. The number of carboxylic acids is 1. The van der Waals surface area contributed by atoms with Crippen LogP contribution in [-0.2, 0) is 4.79 Å². The van der Waals surface area contributed by atoms with Gasteiger partial charge in [0.05, 0.1) is 18.3 Å². The number of hydrogen-bond acceptors (Lipinski definition) is 4. The summed E-state index contributed by atoms with van der Waals surface area (Å²) in [5.41, 5.74) is 1.18. The van der Waals surface area contributed by atoms with Crippen LogP contribution in [0, 0.1) is 0 Å². The lowest BCUT2D eigenvalue weighted by Crippen LogP contribution is -2.36. The van der Waals surface area contributed by atoms with Crippen LogP contribution in [0.1, 0.15) is 10.4 Å². The van der Waals surface area contributed by atoms with Gasteiger partial charge in [0, 0.05) is 10.9 Å². The average molecular weight is 249 g/mol. The molecule has 0 spiro atoms. The maximum atomic E-state index is 11.7.